The van der Waals surface area contributed by atoms with Crippen LogP contribution in [0.1, 0.15) is 30.1 Å². The number of ether oxygens (including phenoxy) is 1. The lowest BCUT2D eigenvalue weighted by Gasteiger charge is -2.46. The number of carbonyl (C=O) groups is 2. The number of carboxylic acid groups (broad SMARTS) is 1. The number of benzene rings is 2. The summed E-state index contributed by atoms with van der Waals surface area (Å²) < 4.78 is 9.82. The molecule has 0 spiro atoms. The molecular weight excluding hydrogens is 446 g/mol. The summed E-state index contributed by atoms with van der Waals surface area (Å²) in [6.07, 6.45) is 1.92. The maximum atomic E-state index is 11.6. The zero-order valence-electron chi connectivity index (χ0n) is 19.9. The van der Waals surface area contributed by atoms with Gasteiger partial charge in [-0.3, -0.25) is 4.79 Å². The van der Waals surface area contributed by atoms with Gasteiger partial charge in [-0.15, -0.1) is 0 Å². The standard InChI is InChI=1S/C26H27N5O4/c1-14(32)27-17-12-18(13-17)30-7-8-31-21(10-15-5-4-6-20(30)23(15)31)25-28-19-9-16(26(33)34)11-22(35-3)24(19)29(25)2/h4-6,9-11,17-18H,7-8,12-13H2,1-3H3,(H,27,32)(H,33,34). The Hall–Kier alpha value is -4.01. The monoisotopic (exact) mass is 473 g/mol. The van der Waals surface area contributed by atoms with Gasteiger partial charge in [-0.1, -0.05) is 12.1 Å². The first kappa shape index (κ1) is 21.5. The maximum Gasteiger partial charge on any atom is 0.335 e. The van der Waals surface area contributed by atoms with Crippen molar-refractivity contribution in [3.05, 3.63) is 42.0 Å². The van der Waals surface area contributed by atoms with Gasteiger partial charge in [0, 0.05) is 44.5 Å². The molecule has 1 fully saturated rings. The van der Waals surface area contributed by atoms with Gasteiger partial charge in [0.1, 0.15) is 11.3 Å². The van der Waals surface area contributed by atoms with Crippen molar-refractivity contribution in [2.75, 3.05) is 18.6 Å². The number of fused-ring (bicyclic) bond motifs is 1. The quantitative estimate of drug-likeness (QED) is 0.461. The molecule has 3 heterocycles. The smallest absolute Gasteiger partial charge is 0.335 e. The zero-order chi connectivity index (χ0) is 24.4. The van der Waals surface area contributed by atoms with E-state index in [1.807, 2.05) is 11.6 Å². The number of nitrogens with zero attached hydrogens (tertiary/aromatic N) is 4. The molecule has 0 unspecified atom stereocenters. The Bertz CT molecular complexity index is 1510. The van der Waals surface area contributed by atoms with Gasteiger partial charge in [0.05, 0.1) is 35.1 Å². The average molecular weight is 474 g/mol. The van der Waals surface area contributed by atoms with Crippen molar-refractivity contribution in [2.24, 2.45) is 7.05 Å². The largest absolute Gasteiger partial charge is 0.494 e. The number of aromatic carboxylic acids is 1. The topological polar surface area (TPSA) is 102 Å². The lowest BCUT2D eigenvalue weighted by atomic mass is 9.84. The van der Waals surface area contributed by atoms with E-state index in [2.05, 4.69) is 39.0 Å². The van der Waals surface area contributed by atoms with Crippen molar-refractivity contribution in [2.45, 2.75) is 38.4 Å². The van der Waals surface area contributed by atoms with Gasteiger partial charge in [-0.2, -0.15) is 0 Å². The van der Waals surface area contributed by atoms with Gasteiger partial charge in [-0.25, -0.2) is 9.78 Å². The van der Waals surface area contributed by atoms with E-state index in [1.54, 1.807) is 20.1 Å². The fraction of sp³-hybridized carbons (Fsp3) is 0.346. The maximum absolute atomic E-state index is 11.6. The van der Waals surface area contributed by atoms with Gasteiger partial charge in [0.2, 0.25) is 5.91 Å². The molecule has 1 aliphatic carbocycles. The van der Waals surface area contributed by atoms with Crippen LogP contribution in [0.5, 0.6) is 5.75 Å². The number of anilines is 1. The highest BCUT2D eigenvalue weighted by Crippen LogP contribution is 2.41. The highest BCUT2D eigenvalue weighted by Gasteiger charge is 2.37. The molecule has 1 aliphatic heterocycles. The molecule has 0 atom stereocenters. The molecule has 0 saturated heterocycles. The molecule has 1 saturated carbocycles. The Morgan fingerprint density at radius 2 is 1.94 bits per heavy atom. The van der Waals surface area contributed by atoms with E-state index in [4.69, 9.17) is 9.72 Å². The number of methoxy groups -OCH3 is 1. The predicted octanol–water partition coefficient (Wildman–Crippen LogP) is 3.39. The third-order valence-electron chi connectivity index (χ3n) is 7.36. The minimum atomic E-state index is -1.01. The molecule has 35 heavy (non-hydrogen) atoms. The van der Waals surface area contributed by atoms with Gasteiger partial charge in [0.25, 0.3) is 0 Å². The molecule has 180 valence electrons. The Morgan fingerprint density at radius 1 is 1.14 bits per heavy atom. The molecule has 2 aliphatic rings. The van der Waals surface area contributed by atoms with Crippen LogP contribution in [0.15, 0.2) is 36.4 Å². The number of carbonyl (C=O) groups excluding carboxylic acids is 1. The number of para-hydroxylation sites is 1. The van der Waals surface area contributed by atoms with Crippen LogP contribution >= 0.6 is 0 Å². The number of rotatable bonds is 5. The van der Waals surface area contributed by atoms with E-state index in [-0.39, 0.29) is 17.5 Å². The van der Waals surface area contributed by atoms with Crippen LogP contribution in [0, 0.1) is 0 Å². The lowest BCUT2D eigenvalue weighted by molar-refractivity contribution is -0.120. The summed E-state index contributed by atoms with van der Waals surface area (Å²) in [5.74, 6) is 0.275. The summed E-state index contributed by atoms with van der Waals surface area (Å²) in [4.78, 5) is 30.3. The Labute approximate surface area is 201 Å². The van der Waals surface area contributed by atoms with Gasteiger partial charge >= 0.3 is 5.97 Å². The van der Waals surface area contributed by atoms with E-state index in [1.165, 1.54) is 17.3 Å². The molecule has 2 aromatic heterocycles. The fourth-order valence-electron chi connectivity index (χ4n) is 5.73. The summed E-state index contributed by atoms with van der Waals surface area (Å²) >= 11 is 0. The number of carboxylic acids is 1. The molecule has 0 bridgehead atoms. The molecule has 1 amide bonds. The van der Waals surface area contributed by atoms with Crippen molar-refractivity contribution < 1.29 is 19.4 Å². The van der Waals surface area contributed by atoms with Gasteiger partial charge < -0.3 is 29.2 Å². The second-order valence-electron chi connectivity index (χ2n) is 9.46. The van der Waals surface area contributed by atoms with Crippen LogP contribution in [0.3, 0.4) is 0 Å². The second-order valence-corrected chi connectivity index (χ2v) is 9.46. The van der Waals surface area contributed by atoms with Gasteiger partial charge in [-0.05, 0) is 37.1 Å². The third kappa shape index (κ3) is 3.25. The Balaban J connectivity index is 1.44. The van der Waals surface area contributed by atoms with Crippen molar-refractivity contribution in [1.29, 1.82) is 0 Å². The van der Waals surface area contributed by atoms with E-state index in [0.29, 0.717) is 17.3 Å². The van der Waals surface area contributed by atoms with E-state index in [0.717, 1.165) is 48.4 Å². The minimum Gasteiger partial charge on any atom is -0.494 e. The number of nitrogens with one attached hydrogen (secondary N) is 1. The predicted molar refractivity (Wildman–Crippen MR) is 133 cm³/mol. The molecule has 9 heteroatoms. The van der Waals surface area contributed by atoms with Crippen molar-refractivity contribution >= 4 is 39.5 Å². The first-order valence-corrected chi connectivity index (χ1v) is 11.8. The average Bonchev–Trinajstić information content (AvgIpc) is 3.34. The van der Waals surface area contributed by atoms with Crippen molar-refractivity contribution in [3.63, 3.8) is 0 Å². The molecule has 6 rings (SSSR count). The summed E-state index contributed by atoms with van der Waals surface area (Å²) in [5.41, 5.74) is 4.89. The fourth-order valence-corrected chi connectivity index (χ4v) is 5.73. The summed E-state index contributed by atoms with van der Waals surface area (Å²) in [5, 5.41) is 13.7. The number of hydrogen-bond donors (Lipinski definition) is 2. The van der Waals surface area contributed by atoms with Crippen LogP contribution in [-0.2, 0) is 18.4 Å². The normalized spacial score (nSPS) is 19.1. The number of aromatic nitrogens is 3. The number of imidazole rings is 1. The summed E-state index contributed by atoms with van der Waals surface area (Å²) in [6.45, 7) is 3.27. The number of aryl methyl sites for hydroxylation is 1. The minimum absolute atomic E-state index is 0.0299. The Kier molecular flexibility index (Phi) is 4.77. The molecule has 2 aromatic carbocycles. The summed E-state index contributed by atoms with van der Waals surface area (Å²) in [6, 6.07) is 12.3. The SMILES string of the molecule is COc1cc(C(=O)O)cc2nc(-c3cc4cccc5c4n3CCN5C3CC(NC(C)=O)C3)n(C)c12. The molecule has 0 radical (unpaired) electrons. The first-order chi connectivity index (χ1) is 16.9. The molecular formula is C26H27N5O4. The van der Waals surface area contributed by atoms with Crippen LogP contribution in [-0.4, -0.2) is 56.8 Å². The third-order valence-corrected chi connectivity index (χ3v) is 7.36. The van der Waals surface area contributed by atoms with E-state index < -0.39 is 5.97 Å². The van der Waals surface area contributed by atoms with Gasteiger partial charge in [0.15, 0.2) is 5.82 Å². The Morgan fingerprint density at radius 3 is 2.66 bits per heavy atom. The lowest BCUT2D eigenvalue weighted by Crippen LogP contribution is -2.55. The van der Waals surface area contributed by atoms with Crippen LogP contribution in [0.4, 0.5) is 5.69 Å². The molecule has 2 N–H and O–H groups in total. The zero-order valence-corrected chi connectivity index (χ0v) is 19.9. The highest BCUT2D eigenvalue weighted by atomic mass is 16.5. The van der Waals surface area contributed by atoms with E-state index >= 15 is 0 Å². The van der Waals surface area contributed by atoms with Crippen LogP contribution < -0.4 is 15.0 Å². The van der Waals surface area contributed by atoms with Crippen molar-refractivity contribution in [3.8, 4) is 17.3 Å². The first-order valence-electron chi connectivity index (χ1n) is 11.8. The number of hydrogen-bond acceptors (Lipinski definition) is 5. The highest BCUT2D eigenvalue weighted by molar-refractivity contribution is 5.99. The van der Waals surface area contributed by atoms with Crippen LogP contribution in [0.25, 0.3) is 33.5 Å². The van der Waals surface area contributed by atoms with Crippen LogP contribution in [0.2, 0.25) is 0 Å². The van der Waals surface area contributed by atoms with E-state index in [9.17, 15) is 14.7 Å². The molecule has 4 aromatic rings. The summed E-state index contributed by atoms with van der Waals surface area (Å²) in [7, 11) is 3.48. The number of amides is 1. The van der Waals surface area contributed by atoms with Crippen molar-refractivity contribution in [1.82, 2.24) is 19.4 Å². The molecule has 9 nitrogen and oxygen atoms in total. The second kappa shape index (κ2) is 7.76.